The Balaban J connectivity index is 1.76. The number of benzene rings is 1. The zero-order valence-electron chi connectivity index (χ0n) is 15.2. The molecule has 9 heteroatoms. The van der Waals surface area contributed by atoms with Crippen molar-refractivity contribution in [2.24, 2.45) is 7.05 Å². The second-order valence-corrected chi connectivity index (χ2v) is 6.50. The van der Waals surface area contributed by atoms with Gasteiger partial charge in [0.15, 0.2) is 5.88 Å². The SMILES string of the molecule is COc1ccc2cn(CC3(C#Cc4cnn(C)c4)NC(=O)NC3=O)c(O)c2c1. The molecule has 3 heterocycles. The van der Waals surface area contributed by atoms with Gasteiger partial charge in [-0.2, -0.15) is 5.10 Å². The van der Waals surface area contributed by atoms with E-state index in [0.717, 1.165) is 5.39 Å². The van der Waals surface area contributed by atoms with Crippen LogP contribution in [-0.2, 0) is 18.4 Å². The molecule has 3 aromatic rings. The number of amides is 3. The minimum atomic E-state index is -1.52. The Morgan fingerprint density at radius 1 is 1.32 bits per heavy atom. The van der Waals surface area contributed by atoms with Crippen molar-refractivity contribution in [3.8, 4) is 23.5 Å². The molecule has 1 atom stereocenters. The molecule has 9 nitrogen and oxygen atoms in total. The van der Waals surface area contributed by atoms with Crippen LogP contribution in [0.3, 0.4) is 0 Å². The van der Waals surface area contributed by atoms with Crippen LogP contribution in [-0.4, -0.2) is 44.0 Å². The molecule has 0 saturated carbocycles. The van der Waals surface area contributed by atoms with Crippen molar-refractivity contribution in [3.05, 3.63) is 42.4 Å². The topological polar surface area (TPSA) is 110 Å². The molecule has 1 aromatic carbocycles. The van der Waals surface area contributed by atoms with Gasteiger partial charge in [0.05, 0.1) is 25.4 Å². The second-order valence-electron chi connectivity index (χ2n) is 6.50. The number of methoxy groups -OCH3 is 1. The van der Waals surface area contributed by atoms with Crippen LogP contribution in [0, 0.1) is 11.8 Å². The molecule has 2 aromatic heterocycles. The second kappa shape index (κ2) is 6.35. The summed E-state index contributed by atoms with van der Waals surface area (Å²) in [5.41, 5.74) is -0.925. The lowest BCUT2D eigenvalue weighted by Gasteiger charge is -2.20. The number of carbonyl (C=O) groups excluding carboxylic acids is 2. The van der Waals surface area contributed by atoms with Crippen LogP contribution < -0.4 is 15.4 Å². The standard InChI is InChI=1S/C19H17N5O4/c1-23-9-12(8-20-23)5-6-19(17(26)21-18(27)22-19)11-24-10-13-3-4-14(28-2)7-15(13)16(24)25/h3-4,7-10,25H,11H2,1-2H3,(H2,21,22,26,27). The fourth-order valence-corrected chi connectivity index (χ4v) is 3.12. The zero-order chi connectivity index (χ0) is 19.9. The fraction of sp³-hybridized carbons (Fsp3) is 0.211. The molecular formula is C19H17N5O4. The average molecular weight is 379 g/mol. The smallest absolute Gasteiger partial charge is 0.323 e. The number of hydrogen-bond acceptors (Lipinski definition) is 5. The summed E-state index contributed by atoms with van der Waals surface area (Å²) in [4.78, 5) is 24.3. The fourth-order valence-electron chi connectivity index (χ4n) is 3.12. The average Bonchev–Trinajstić information content (AvgIpc) is 3.30. The molecule has 4 rings (SSSR count). The van der Waals surface area contributed by atoms with Crippen LogP contribution in [0.2, 0.25) is 0 Å². The predicted molar refractivity (Wildman–Crippen MR) is 99.6 cm³/mol. The van der Waals surface area contributed by atoms with Gasteiger partial charge in [-0.15, -0.1) is 0 Å². The van der Waals surface area contributed by atoms with Crippen LogP contribution in [0.1, 0.15) is 5.56 Å². The highest BCUT2D eigenvalue weighted by Crippen LogP contribution is 2.31. The molecule has 28 heavy (non-hydrogen) atoms. The molecule has 1 aliphatic rings. The first-order valence-corrected chi connectivity index (χ1v) is 8.41. The van der Waals surface area contributed by atoms with Crippen molar-refractivity contribution in [3.63, 3.8) is 0 Å². The predicted octanol–water partition coefficient (Wildman–Crippen LogP) is 0.719. The molecule has 0 aliphatic carbocycles. The Kier molecular flexibility index (Phi) is 3.96. The van der Waals surface area contributed by atoms with E-state index in [1.807, 2.05) is 0 Å². The first-order valence-electron chi connectivity index (χ1n) is 8.41. The molecule has 3 amide bonds. The van der Waals surface area contributed by atoms with Crippen molar-refractivity contribution in [2.45, 2.75) is 12.1 Å². The summed E-state index contributed by atoms with van der Waals surface area (Å²) in [5, 5.41) is 20.8. The minimum Gasteiger partial charge on any atom is -0.497 e. The zero-order valence-corrected chi connectivity index (χ0v) is 15.2. The third-order valence-corrected chi connectivity index (χ3v) is 4.54. The van der Waals surface area contributed by atoms with Crippen molar-refractivity contribution in [1.29, 1.82) is 0 Å². The lowest BCUT2D eigenvalue weighted by atomic mass is 10.00. The first kappa shape index (κ1) is 17.5. The Bertz CT molecular complexity index is 1170. The quantitative estimate of drug-likeness (QED) is 0.459. The normalized spacial score (nSPS) is 18.5. The van der Waals surface area contributed by atoms with Gasteiger partial charge < -0.3 is 19.7 Å². The number of urea groups is 1. The number of carbonyl (C=O) groups is 2. The molecule has 1 fully saturated rings. The highest BCUT2D eigenvalue weighted by Gasteiger charge is 2.46. The minimum absolute atomic E-state index is 0.0506. The van der Waals surface area contributed by atoms with Crippen molar-refractivity contribution in [1.82, 2.24) is 25.0 Å². The van der Waals surface area contributed by atoms with Crippen LogP contribution >= 0.6 is 0 Å². The Morgan fingerprint density at radius 2 is 2.14 bits per heavy atom. The van der Waals surface area contributed by atoms with Gasteiger partial charge >= 0.3 is 6.03 Å². The van der Waals surface area contributed by atoms with E-state index in [1.54, 1.807) is 48.5 Å². The number of rotatable bonds is 3. The summed E-state index contributed by atoms with van der Waals surface area (Å²) in [6, 6.07) is 4.63. The summed E-state index contributed by atoms with van der Waals surface area (Å²) >= 11 is 0. The Morgan fingerprint density at radius 3 is 2.79 bits per heavy atom. The van der Waals surface area contributed by atoms with E-state index in [0.29, 0.717) is 16.7 Å². The van der Waals surface area contributed by atoms with E-state index in [9.17, 15) is 14.7 Å². The number of aromatic hydroxyl groups is 1. The number of ether oxygens (including phenoxy) is 1. The van der Waals surface area contributed by atoms with Gasteiger partial charge in [-0.25, -0.2) is 4.79 Å². The Hall–Kier alpha value is -3.93. The maximum Gasteiger partial charge on any atom is 0.323 e. The van der Waals surface area contributed by atoms with Gasteiger partial charge in [0.2, 0.25) is 5.54 Å². The third-order valence-electron chi connectivity index (χ3n) is 4.54. The van der Waals surface area contributed by atoms with E-state index in [1.165, 1.54) is 11.7 Å². The lowest BCUT2D eigenvalue weighted by molar-refractivity contribution is -0.122. The summed E-state index contributed by atoms with van der Waals surface area (Å²) in [7, 11) is 3.29. The van der Waals surface area contributed by atoms with Gasteiger partial charge in [-0.3, -0.25) is 14.8 Å². The molecule has 3 N–H and O–H groups in total. The molecule has 0 radical (unpaired) electrons. The number of nitrogens with one attached hydrogen (secondary N) is 2. The first-order chi connectivity index (χ1) is 13.4. The highest BCUT2D eigenvalue weighted by atomic mass is 16.5. The van der Waals surface area contributed by atoms with E-state index in [-0.39, 0.29) is 12.4 Å². The Labute approximate surface area is 159 Å². The molecule has 0 bridgehead atoms. The maximum absolute atomic E-state index is 12.5. The lowest BCUT2D eigenvalue weighted by Crippen LogP contribution is -2.49. The van der Waals surface area contributed by atoms with Crippen LogP contribution in [0.15, 0.2) is 36.8 Å². The number of imide groups is 1. The largest absolute Gasteiger partial charge is 0.497 e. The third kappa shape index (κ3) is 2.91. The highest BCUT2D eigenvalue weighted by molar-refractivity contribution is 6.09. The van der Waals surface area contributed by atoms with Gasteiger partial charge in [0.25, 0.3) is 5.91 Å². The van der Waals surface area contributed by atoms with E-state index in [4.69, 9.17) is 4.74 Å². The molecule has 142 valence electrons. The molecule has 1 aliphatic heterocycles. The molecule has 1 saturated heterocycles. The van der Waals surface area contributed by atoms with E-state index in [2.05, 4.69) is 27.6 Å². The van der Waals surface area contributed by atoms with Gasteiger partial charge in [-0.1, -0.05) is 11.8 Å². The maximum atomic E-state index is 12.5. The van der Waals surface area contributed by atoms with Crippen LogP contribution in [0.4, 0.5) is 4.79 Å². The summed E-state index contributed by atoms with van der Waals surface area (Å²) < 4.78 is 8.25. The van der Waals surface area contributed by atoms with E-state index < -0.39 is 17.5 Å². The number of fused-ring (bicyclic) bond motifs is 1. The van der Waals surface area contributed by atoms with Crippen molar-refractivity contribution >= 4 is 22.7 Å². The number of aromatic nitrogens is 3. The molecule has 1 unspecified atom stereocenters. The molecular weight excluding hydrogens is 362 g/mol. The van der Waals surface area contributed by atoms with Gasteiger partial charge in [0, 0.05) is 30.2 Å². The summed E-state index contributed by atoms with van der Waals surface area (Å²) in [6.45, 7) is -0.0688. The molecule has 0 spiro atoms. The number of nitrogens with zero attached hydrogens (tertiary/aromatic N) is 3. The van der Waals surface area contributed by atoms with E-state index >= 15 is 0 Å². The van der Waals surface area contributed by atoms with Crippen molar-refractivity contribution in [2.75, 3.05) is 7.11 Å². The van der Waals surface area contributed by atoms with Crippen LogP contribution in [0.25, 0.3) is 10.8 Å². The monoisotopic (exact) mass is 379 g/mol. The summed E-state index contributed by atoms with van der Waals surface area (Å²) in [5.74, 6) is 5.68. The van der Waals surface area contributed by atoms with Crippen LogP contribution in [0.5, 0.6) is 11.6 Å². The van der Waals surface area contributed by atoms with Gasteiger partial charge in [0.1, 0.15) is 5.75 Å². The van der Waals surface area contributed by atoms with Gasteiger partial charge in [-0.05, 0) is 18.2 Å². The number of hydrogen-bond donors (Lipinski definition) is 3. The summed E-state index contributed by atoms with van der Waals surface area (Å²) in [6.07, 6.45) is 4.95. The van der Waals surface area contributed by atoms with Crippen molar-refractivity contribution < 1.29 is 19.4 Å². The number of aryl methyl sites for hydroxylation is 1.